The second kappa shape index (κ2) is 8.65. The Labute approximate surface area is 141 Å². The molecule has 1 atom stereocenters. The first-order valence-corrected chi connectivity index (χ1v) is 8.12. The molecule has 0 saturated carbocycles. The third-order valence-electron chi connectivity index (χ3n) is 3.62. The maximum absolute atomic E-state index is 12.5. The number of nitrogens with zero attached hydrogens (tertiary/aromatic N) is 2. The van der Waals surface area contributed by atoms with Crippen molar-refractivity contribution in [3.63, 3.8) is 0 Å². The molecule has 0 radical (unpaired) electrons. The van der Waals surface area contributed by atoms with Crippen molar-refractivity contribution in [2.24, 2.45) is 0 Å². The van der Waals surface area contributed by atoms with Gasteiger partial charge in [-0.3, -0.25) is 14.5 Å². The lowest BCUT2D eigenvalue weighted by Crippen LogP contribution is -2.52. The Bertz CT molecular complexity index is 549. The Morgan fingerprint density at radius 2 is 2.04 bits per heavy atom. The molecule has 1 N–H and O–H groups in total. The zero-order chi connectivity index (χ0) is 17.5. The van der Waals surface area contributed by atoms with Gasteiger partial charge in [0.2, 0.25) is 0 Å². The van der Waals surface area contributed by atoms with Gasteiger partial charge in [0.1, 0.15) is 5.75 Å². The van der Waals surface area contributed by atoms with Crippen LogP contribution in [0.5, 0.6) is 5.75 Å². The van der Waals surface area contributed by atoms with E-state index in [1.165, 1.54) is 5.06 Å². The number of para-hydroxylation sites is 1. The van der Waals surface area contributed by atoms with Crippen LogP contribution in [0.15, 0.2) is 30.3 Å². The van der Waals surface area contributed by atoms with E-state index in [0.29, 0.717) is 18.8 Å². The minimum absolute atomic E-state index is 0.0419. The number of piperidine rings is 1. The highest BCUT2D eigenvalue weighted by Gasteiger charge is 2.32. The van der Waals surface area contributed by atoms with Crippen molar-refractivity contribution in [3.05, 3.63) is 30.3 Å². The molecule has 1 aromatic rings. The number of amides is 1. The van der Waals surface area contributed by atoms with Crippen molar-refractivity contribution in [2.75, 3.05) is 19.6 Å². The minimum Gasteiger partial charge on any atom is -0.480 e. The van der Waals surface area contributed by atoms with Crippen LogP contribution >= 0.6 is 0 Å². The van der Waals surface area contributed by atoms with Crippen LogP contribution in [0.4, 0.5) is 4.79 Å². The molecule has 1 aliphatic rings. The van der Waals surface area contributed by atoms with E-state index in [4.69, 9.17) is 14.7 Å². The van der Waals surface area contributed by atoms with Gasteiger partial charge < -0.3 is 9.84 Å². The first-order chi connectivity index (χ1) is 11.5. The maximum atomic E-state index is 12.5. The highest BCUT2D eigenvalue weighted by molar-refractivity contribution is 5.70. The molecule has 0 bridgehead atoms. The van der Waals surface area contributed by atoms with E-state index in [9.17, 15) is 9.59 Å². The average Bonchev–Trinajstić information content (AvgIpc) is 2.53. The maximum Gasteiger partial charge on any atom is 0.439 e. The van der Waals surface area contributed by atoms with Crippen molar-refractivity contribution >= 4 is 12.1 Å². The Balaban J connectivity index is 2.06. The highest BCUT2D eigenvalue weighted by atomic mass is 16.7. The van der Waals surface area contributed by atoms with E-state index in [-0.39, 0.29) is 18.7 Å². The standard InChI is InChI=1S/C17H24N2O5/c1-13(2)24-19(17(22)23-15-8-4-3-5-9-15)14-7-6-10-18(11-14)12-16(20)21/h3-5,8-9,13-14H,6-7,10-12H2,1-2H3,(H,20,21). The van der Waals surface area contributed by atoms with Crippen LogP contribution in [0.1, 0.15) is 26.7 Å². The van der Waals surface area contributed by atoms with Gasteiger partial charge in [0.25, 0.3) is 0 Å². The van der Waals surface area contributed by atoms with Gasteiger partial charge in [0.15, 0.2) is 0 Å². The van der Waals surface area contributed by atoms with Gasteiger partial charge >= 0.3 is 12.1 Å². The van der Waals surface area contributed by atoms with E-state index in [1.54, 1.807) is 24.3 Å². The van der Waals surface area contributed by atoms with Gasteiger partial charge in [-0.1, -0.05) is 18.2 Å². The summed E-state index contributed by atoms with van der Waals surface area (Å²) in [7, 11) is 0. The van der Waals surface area contributed by atoms with E-state index in [2.05, 4.69) is 0 Å². The quantitative estimate of drug-likeness (QED) is 0.804. The Hall–Kier alpha value is -2.12. The lowest BCUT2D eigenvalue weighted by atomic mass is 10.1. The van der Waals surface area contributed by atoms with Crippen molar-refractivity contribution in [2.45, 2.75) is 38.8 Å². The number of carbonyl (C=O) groups is 2. The summed E-state index contributed by atoms with van der Waals surface area (Å²) in [5, 5.41) is 10.2. The van der Waals surface area contributed by atoms with Gasteiger partial charge in [0.05, 0.1) is 18.7 Å². The molecule has 7 heteroatoms. The number of benzene rings is 1. The number of rotatable bonds is 6. The van der Waals surface area contributed by atoms with E-state index < -0.39 is 12.1 Å². The molecule has 0 spiro atoms. The molecule has 0 aliphatic carbocycles. The summed E-state index contributed by atoms with van der Waals surface area (Å²) < 4.78 is 5.37. The van der Waals surface area contributed by atoms with Crippen LogP contribution in [0, 0.1) is 0 Å². The Morgan fingerprint density at radius 3 is 2.67 bits per heavy atom. The molecule has 1 aromatic carbocycles. The van der Waals surface area contributed by atoms with Gasteiger partial charge in [-0.2, -0.15) is 5.06 Å². The fourth-order valence-electron chi connectivity index (χ4n) is 2.70. The van der Waals surface area contributed by atoms with Crippen LogP contribution in [0.25, 0.3) is 0 Å². The molecule has 1 fully saturated rings. The molecule has 1 unspecified atom stereocenters. The summed E-state index contributed by atoms with van der Waals surface area (Å²) in [6, 6.07) is 8.56. The summed E-state index contributed by atoms with van der Waals surface area (Å²) in [5.41, 5.74) is 0. The van der Waals surface area contributed by atoms with Crippen molar-refractivity contribution in [1.29, 1.82) is 0 Å². The molecule has 132 valence electrons. The van der Waals surface area contributed by atoms with E-state index in [0.717, 1.165) is 12.8 Å². The van der Waals surface area contributed by atoms with Crippen LogP contribution in [0.3, 0.4) is 0 Å². The summed E-state index contributed by atoms with van der Waals surface area (Å²) in [5.74, 6) is -0.433. The van der Waals surface area contributed by atoms with Gasteiger partial charge in [-0.15, -0.1) is 0 Å². The largest absolute Gasteiger partial charge is 0.480 e. The number of aliphatic carboxylic acids is 1. The van der Waals surface area contributed by atoms with Crippen LogP contribution in [0.2, 0.25) is 0 Å². The number of likely N-dealkylation sites (tertiary alicyclic amines) is 1. The van der Waals surface area contributed by atoms with Crippen molar-refractivity contribution < 1.29 is 24.3 Å². The normalized spacial score (nSPS) is 18.4. The molecule has 7 nitrogen and oxygen atoms in total. The number of carboxylic acid groups (broad SMARTS) is 1. The first kappa shape index (κ1) is 18.2. The molecular weight excluding hydrogens is 312 g/mol. The molecule has 1 aliphatic heterocycles. The second-order valence-electron chi connectivity index (χ2n) is 6.09. The fourth-order valence-corrected chi connectivity index (χ4v) is 2.70. The highest BCUT2D eigenvalue weighted by Crippen LogP contribution is 2.20. The first-order valence-electron chi connectivity index (χ1n) is 8.12. The van der Waals surface area contributed by atoms with Gasteiger partial charge in [0, 0.05) is 6.54 Å². The number of carbonyl (C=O) groups excluding carboxylic acids is 1. The monoisotopic (exact) mass is 336 g/mol. The van der Waals surface area contributed by atoms with E-state index in [1.807, 2.05) is 24.8 Å². The zero-order valence-corrected chi connectivity index (χ0v) is 14.1. The number of hydrogen-bond acceptors (Lipinski definition) is 5. The van der Waals surface area contributed by atoms with Crippen molar-refractivity contribution in [1.82, 2.24) is 9.96 Å². The minimum atomic E-state index is -0.876. The second-order valence-corrected chi connectivity index (χ2v) is 6.09. The molecular formula is C17H24N2O5. The summed E-state index contributed by atoms with van der Waals surface area (Å²) in [6.07, 6.45) is 0.765. The third-order valence-corrected chi connectivity index (χ3v) is 3.62. The summed E-state index contributed by atoms with van der Waals surface area (Å²) in [6.45, 7) is 4.77. The smallest absolute Gasteiger partial charge is 0.439 e. The Morgan fingerprint density at radius 1 is 1.33 bits per heavy atom. The number of hydrogen-bond donors (Lipinski definition) is 1. The number of hydroxylamine groups is 2. The van der Waals surface area contributed by atoms with Crippen LogP contribution in [-0.2, 0) is 9.63 Å². The lowest BCUT2D eigenvalue weighted by Gasteiger charge is -2.37. The van der Waals surface area contributed by atoms with Crippen molar-refractivity contribution in [3.8, 4) is 5.75 Å². The predicted octanol–water partition coefficient (Wildman–Crippen LogP) is 2.38. The van der Waals surface area contributed by atoms with E-state index >= 15 is 0 Å². The topological polar surface area (TPSA) is 79.3 Å². The molecule has 1 heterocycles. The zero-order valence-electron chi connectivity index (χ0n) is 14.1. The molecule has 1 amide bonds. The van der Waals surface area contributed by atoms with Crippen LogP contribution in [-0.4, -0.2) is 58.9 Å². The fraction of sp³-hybridized carbons (Fsp3) is 0.529. The lowest BCUT2D eigenvalue weighted by molar-refractivity contribution is -0.189. The average molecular weight is 336 g/mol. The molecule has 1 saturated heterocycles. The van der Waals surface area contributed by atoms with Crippen LogP contribution < -0.4 is 4.74 Å². The number of carboxylic acids is 1. The summed E-state index contributed by atoms with van der Waals surface area (Å²) in [4.78, 5) is 30.9. The molecule has 0 aromatic heterocycles. The Kier molecular flexibility index (Phi) is 6.57. The molecule has 24 heavy (non-hydrogen) atoms. The molecule has 2 rings (SSSR count). The summed E-state index contributed by atoms with van der Waals surface area (Å²) >= 11 is 0. The SMILES string of the molecule is CC(C)ON(C(=O)Oc1ccccc1)C1CCCN(CC(=O)O)C1. The predicted molar refractivity (Wildman–Crippen MR) is 87.6 cm³/mol. The number of ether oxygens (including phenoxy) is 1. The third kappa shape index (κ3) is 5.50. The van der Waals surface area contributed by atoms with Gasteiger partial charge in [-0.05, 0) is 45.4 Å². The van der Waals surface area contributed by atoms with Gasteiger partial charge in [-0.25, -0.2) is 4.79 Å².